The van der Waals surface area contributed by atoms with Crippen molar-refractivity contribution in [1.29, 1.82) is 0 Å². The minimum Gasteiger partial charge on any atom is -0.489 e. The SMILES string of the molecule is CN=C(NCc1nc(-c2ccco2)n[nH]1)NCC(C)Oc1ccc(Cl)cc1. The zero-order valence-electron chi connectivity index (χ0n) is 15.1. The molecule has 0 radical (unpaired) electrons. The van der Waals surface area contributed by atoms with Gasteiger partial charge in [0.1, 0.15) is 17.7 Å². The quantitative estimate of drug-likeness (QED) is 0.425. The summed E-state index contributed by atoms with van der Waals surface area (Å²) in [5.74, 6) is 3.22. The van der Waals surface area contributed by atoms with Crippen molar-refractivity contribution in [3.63, 3.8) is 0 Å². The van der Waals surface area contributed by atoms with Gasteiger partial charge < -0.3 is 19.8 Å². The molecule has 1 atom stereocenters. The molecule has 0 spiro atoms. The molecule has 0 saturated heterocycles. The molecule has 3 aromatic rings. The Kier molecular flexibility index (Phi) is 6.32. The lowest BCUT2D eigenvalue weighted by molar-refractivity contribution is 0.224. The number of benzene rings is 1. The maximum atomic E-state index is 5.88. The van der Waals surface area contributed by atoms with Gasteiger partial charge >= 0.3 is 0 Å². The highest BCUT2D eigenvalue weighted by Gasteiger charge is 2.09. The monoisotopic (exact) mass is 388 g/mol. The Morgan fingerprint density at radius 1 is 1.30 bits per heavy atom. The van der Waals surface area contributed by atoms with Crippen molar-refractivity contribution >= 4 is 17.6 Å². The number of rotatable bonds is 7. The molecule has 1 aromatic carbocycles. The van der Waals surface area contributed by atoms with Gasteiger partial charge in [0.2, 0.25) is 5.82 Å². The number of H-pyrrole nitrogens is 1. The maximum absolute atomic E-state index is 5.88. The van der Waals surface area contributed by atoms with E-state index in [1.165, 1.54) is 0 Å². The molecule has 0 aliphatic heterocycles. The molecule has 27 heavy (non-hydrogen) atoms. The van der Waals surface area contributed by atoms with Crippen LogP contribution >= 0.6 is 11.6 Å². The summed E-state index contributed by atoms with van der Waals surface area (Å²) in [5.41, 5.74) is 0. The van der Waals surface area contributed by atoms with Gasteiger partial charge in [-0.25, -0.2) is 4.98 Å². The molecule has 8 nitrogen and oxygen atoms in total. The largest absolute Gasteiger partial charge is 0.489 e. The van der Waals surface area contributed by atoms with E-state index >= 15 is 0 Å². The lowest BCUT2D eigenvalue weighted by Crippen LogP contribution is -2.41. The first-order valence-electron chi connectivity index (χ1n) is 8.46. The molecule has 9 heteroatoms. The number of ether oxygens (including phenoxy) is 1. The van der Waals surface area contributed by atoms with Gasteiger partial charge in [-0.15, -0.1) is 5.10 Å². The third-order valence-electron chi connectivity index (χ3n) is 3.63. The number of nitrogens with one attached hydrogen (secondary N) is 3. The van der Waals surface area contributed by atoms with Gasteiger partial charge in [0.05, 0.1) is 19.4 Å². The summed E-state index contributed by atoms with van der Waals surface area (Å²) >= 11 is 5.88. The molecule has 3 N–H and O–H groups in total. The van der Waals surface area contributed by atoms with E-state index in [4.69, 9.17) is 20.8 Å². The fourth-order valence-corrected chi connectivity index (χ4v) is 2.43. The highest BCUT2D eigenvalue weighted by molar-refractivity contribution is 6.30. The second-order valence-corrected chi connectivity index (χ2v) is 6.21. The Hall–Kier alpha value is -3.00. The number of hydrogen-bond acceptors (Lipinski definition) is 5. The van der Waals surface area contributed by atoms with E-state index in [9.17, 15) is 0 Å². The minimum atomic E-state index is -0.0550. The Morgan fingerprint density at radius 2 is 2.11 bits per heavy atom. The molecule has 2 aromatic heterocycles. The van der Waals surface area contributed by atoms with Crippen LogP contribution in [0.2, 0.25) is 5.02 Å². The summed E-state index contributed by atoms with van der Waals surface area (Å²) in [7, 11) is 1.70. The summed E-state index contributed by atoms with van der Waals surface area (Å²) in [6.45, 7) is 3.00. The zero-order chi connectivity index (χ0) is 19.1. The van der Waals surface area contributed by atoms with Crippen molar-refractivity contribution in [3.05, 3.63) is 53.5 Å². The standard InChI is InChI=1S/C18H21ClN6O2/c1-12(27-14-7-5-13(19)6-8-14)10-21-18(20-2)22-11-16-23-17(25-24-16)15-4-3-9-26-15/h3-9,12H,10-11H2,1-2H3,(H2,20,21,22)(H,23,24,25). The second kappa shape index (κ2) is 9.09. The van der Waals surface area contributed by atoms with Gasteiger partial charge in [-0.05, 0) is 43.3 Å². The van der Waals surface area contributed by atoms with Crippen molar-refractivity contribution in [2.45, 2.75) is 19.6 Å². The first-order chi connectivity index (χ1) is 13.1. The molecule has 2 heterocycles. The fraction of sp³-hybridized carbons (Fsp3) is 0.278. The molecular formula is C18H21ClN6O2. The number of aromatic amines is 1. The van der Waals surface area contributed by atoms with E-state index in [1.807, 2.05) is 25.1 Å². The molecule has 0 aliphatic carbocycles. The molecule has 3 rings (SSSR count). The number of furan rings is 1. The Labute approximate surface area is 162 Å². The normalized spacial score (nSPS) is 12.6. The minimum absolute atomic E-state index is 0.0550. The van der Waals surface area contributed by atoms with E-state index < -0.39 is 0 Å². The number of guanidine groups is 1. The zero-order valence-corrected chi connectivity index (χ0v) is 15.8. The van der Waals surface area contributed by atoms with Crippen molar-refractivity contribution in [1.82, 2.24) is 25.8 Å². The van der Waals surface area contributed by atoms with Crippen LogP contribution in [0.3, 0.4) is 0 Å². The summed E-state index contributed by atoms with van der Waals surface area (Å²) < 4.78 is 11.1. The summed E-state index contributed by atoms with van der Waals surface area (Å²) in [6, 6.07) is 10.9. The molecule has 0 saturated carbocycles. The number of aliphatic imine (C=N–C) groups is 1. The fourth-order valence-electron chi connectivity index (χ4n) is 2.31. The third-order valence-corrected chi connectivity index (χ3v) is 3.88. The van der Waals surface area contributed by atoms with Crippen LogP contribution in [0, 0.1) is 0 Å². The lowest BCUT2D eigenvalue weighted by Gasteiger charge is -2.17. The first-order valence-corrected chi connectivity index (χ1v) is 8.83. The highest BCUT2D eigenvalue weighted by atomic mass is 35.5. The Balaban J connectivity index is 1.44. The van der Waals surface area contributed by atoms with E-state index in [-0.39, 0.29) is 6.10 Å². The lowest BCUT2D eigenvalue weighted by atomic mass is 10.3. The van der Waals surface area contributed by atoms with Crippen molar-refractivity contribution < 1.29 is 9.15 Å². The number of hydrogen-bond donors (Lipinski definition) is 3. The molecule has 0 aliphatic rings. The average molecular weight is 389 g/mol. The van der Waals surface area contributed by atoms with Gasteiger partial charge in [-0.3, -0.25) is 10.1 Å². The topological polar surface area (TPSA) is 100 Å². The van der Waals surface area contributed by atoms with Crippen LogP contribution in [-0.2, 0) is 6.54 Å². The molecular weight excluding hydrogens is 368 g/mol. The van der Waals surface area contributed by atoms with Crippen molar-refractivity contribution in [2.24, 2.45) is 4.99 Å². The average Bonchev–Trinajstić information content (AvgIpc) is 3.35. The highest BCUT2D eigenvalue weighted by Crippen LogP contribution is 2.16. The van der Waals surface area contributed by atoms with Gasteiger partial charge in [-0.2, -0.15) is 0 Å². The van der Waals surface area contributed by atoms with Gasteiger partial charge in [0, 0.05) is 12.1 Å². The van der Waals surface area contributed by atoms with Gasteiger partial charge in [0.25, 0.3) is 0 Å². The van der Waals surface area contributed by atoms with E-state index in [0.29, 0.717) is 41.5 Å². The van der Waals surface area contributed by atoms with Gasteiger partial charge in [0.15, 0.2) is 11.7 Å². The predicted octanol–water partition coefficient (Wildman–Crippen LogP) is 2.85. The second-order valence-electron chi connectivity index (χ2n) is 5.77. The number of halogens is 1. The van der Waals surface area contributed by atoms with Crippen LogP contribution < -0.4 is 15.4 Å². The van der Waals surface area contributed by atoms with E-state index in [2.05, 4.69) is 30.8 Å². The maximum Gasteiger partial charge on any atom is 0.216 e. The molecule has 0 bridgehead atoms. The molecule has 0 amide bonds. The number of aromatic nitrogens is 3. The summed E-state index contributed by atoms with van der Waals surface area (Å²) in [4.78, 5) is 8.57. The third kappa shape index (κ3) is 5.49. The summed E-state index contributed by atoms with van der Waals surface area (Å²) in [5, 5.41) is 14.1. The predicted molar refractivity (Wildman–Crippen MR) is 104 cm³/mol. The van der Waals surface area contributed by atoms with E-state index in [1.54, 1.807) is 31.5 Å². The Bertz CT molecular complexity index is 860. The van der Waals surface area contributed by atoms with Crippen LogP contribution in [0.5, 0.6) is 5.75 Å². The molecule has 142 valence electrons. The Morgan fingerprint density at radius 3 is 2.81 bits per heavy atom. The van der Waals surface area contributed by atoms with Crippen LogP contribution in [-0.4, -0.2) is 40.8 Å². The van der Waals surface area contributed by atoms with Crippen LogP contribution in [0.4, 0.5) is 0 Å². The smallest absolute Gasteiger partial charge is 0.216 e. The van der Waals surface area contributed by atoms with Crippen LogP contribution in [0.25, 0.3) is 11.6 Å². The van der Waals surface area contributed by atoms with Gasteiger partial charge in [-0.1, -0.05) is 11.6 Å². The molecule has 0 fully saturated rings. The van der Waals surface area contributed by atoms with Crippen LogP contribution in [0.15, 0.2) is 52.1 Å². The van der Waals surface area contributed by atoms with Crippen molar-refractivity contribution in [3.8, 4) is 17.3 Å². The summed E-state index contributed by atoms with van der Waals surface area (Å²) in [6.07, 6.45) is 1.53. The molecule has 1 unspecified atom stereocenters. The van der Waals surface area contributed by atoms with E-state index in [0.717, 1.165) is 5.75 Å². The van der Waals surface area contributed by atoms with Crippen molar-refractivity contribution in [2.75, 3.05) is 13.6 Å². The number of nitrogens with zero attached hydrogens (tertiary/aromatic N) is 3. The van der Waals surface area contributed by atoms with Crippen LogP contribution in [0.1, 0.15) is 12.7 Å². The first kappa shape index (κ1) is 18.8.